The van der Waals surface area contributed by atoms with Gasteiger partial charge in [0.15, 0.2) is 21.6 Å². The number of benzene rings is 2. The summed E-state index contributed by atoms with van der Waals surface area (Å²) >= 11 is 0.986. The number of hydrogen-bond donors (Lipinski definition) is 1. The van der Waals surface area contributed by atoms with Crippen LogP contribution in [0.4, 0.5) is 13.9 Å². The fraction of sp³-hybridized carbons (Fsp3) is 0.150. The molecule has 0 aliphatic heterocycles. The second-order valence-corrected chi connectivity index (χ2v) is 9.41. The molecule has 1 N–H and O–H groups in total. The molecule has 31 heavy (non-hydrogen) atoms. The number of rotatable bonds is 6. The number of sulfone groups is 1. The van der Waals surface area contributed by atoms with E-state index >= 15 is 0 Å². The van der Waals surface area contributed by atoms with E-state index in [1.165, 1.54) is 23.6 Å². The molecule has 0 saturated carbocycles. The maximum Gasteiger partial charge on any atom is 0.338 e. The van der Waals surface area contributed by atoms with Crippen molar-refractivity contribution >= 4 is 38.2 Å². The molecular formula is C20H16F2N2O5S2. The molecule has 0 fully saturated rings. The number of thiazole rings is 1. The first kappa shape index (κ1) is 22.5. The molecule has 1 amide bonds. The summed E-state index contributed by atoms with van der Waals surface area (Å²) in [5, 5.41) is 3.95. The molecule has 7 nitrogen and oxygen atoms in total. The van der Waals surface area contributed by atoms with Crippen molar-refractivity contribution in [1.82, 2.24) is 4.98 Å². The molecule has 1 aromatic heterocycles. The van der Waals surface area contributed by atoms with Gasteiger partial charge in [0.1, 0.15) is 11.6 Å². The molecule has 1 heterocycles. The molecule has 162 valence electrons. The van der Waals surface area contributed by atoms with E-state index in [1.807, 2.05) is 0 Å². The van der Waals surface area contributed by atoms with E-state index in [-0.39, 0.29) is 26.8 Å². The van der Waals surface area contributed by atoms with E-state index in [0.717, 1.165) is 35.8 Å². The summed E-state index contributed by atoms with van der Waals surface area (Å²) in [6, 6.07) is 6.97. The summed E-state index contributed by atoms with van der Waals surface area (Å²) in [6.45, 7) is 0.954. The van der Waals surface area contributed by atoms with Gasteiger partial charge in [-0.15, -0.1) is 11.3 Å². The molecule has 0 radical (unpaired) electrons. The van der Waals surface area contributed by atoms with Crippen molar-refractivity contribution in [2.45, 2.75) is 11.8 Å². The number of carbonyl (C=O) groups is 2. The molecule has 0 spiro atoms. The van der Waals surface area contributed by atoms with Gasteiger partial charge in [-0.1, -0.05) is 6.07 Å². The van der Waals surface area contributed by atoms with Crippen LogP contribution in [0.15, 0.2) is 46.7 Å². The van der Waals surface area contributed by atoms with Crippen molar-refractivity contribution in [2.24, 2.45) is 0 Å². The largest absolute Gasteiger partial charge is 0.452 e. The molecule has 11 heteroatoms. The average Bonchev–Trinajstić information content (AvgIpc) is 3.15. The van der Waals surface area contributed by atoms with Gasteiger partial charge in [0.25, 0.3) is 5.91 Å². The maximum atomic E-state index is 13.8. The first-order chi connectivity index (χ1) is 14.5. The van der Waals surface area contributed by atoms with E-state index in [2.05, 4.69) is 10.3 Å². The van der Waals surface area contributed by atoms with Crippen LogP contribution in [0.2, 0.25) is 0 Å². The Morgan fingerprint density at radius 2 is 1.90 bits per heavy atom. The number of nitrogens with one attached hydrogen (secondary N) is 1. The number of amides is 1. The third-order valence-corrected chi connectivity index (χ3v) is 6.01. The standard InChI is InChI=1S/C20H16F2N2O5S2/c1-11-3-5-13(31(2,27)28)8-14(11)19(26)29-9-18(25)24-20-23-17(10-30-20)15-7-12(21)4-6-16(15)22/h3-8,10H,9H2,1-2H3,(H,23,24,25). The van der Waals surface area contributed by atoms with E-state index in [0.29, 0.717) is 5.56 Å². The van der Waals surface area contributed by atoms with Crippen molar-refractivity contribution < 1.29 is 31.5 Å². The van der Waals surface area contributed by atoms with Crippen molar-refractivity contribution in [1.29, 1.82) is 0 Å². The lowest BCUT2D eigenvalue weighted by Crippen LogP contribution is -2.21. The van der Waals surface area contributed by atoms with E-state index in [9.17, 15) is 26.8 Å². The zero-order valence-corrected chi connectivity index (χ0v) is 17.9. The highest BCUT2D eigenvalue weighted by atomic mass is 32.2. The lowest BCUT2D eigenvalue weighted by Gasteiger charge is -2.08. The third kappa shape index (κ3) is 5.50. The van der Waals surface area contributed by atoms with E-state index < -0.39 is 40.0 Å². The van der Waals surface area contributed by atoms with Gasteiger partial charge in [-0.2, -0.15) is 0 Å². The second kappa shape index (κ2) is 8.90. The van der Waals surface area contributed by atoms with Crippen LogP contribution in [0.1, 0.15) is 15.9 Å². The molecule has 2 aromatic carbocycles. The number of carbonyl (C=O) groups excluding carboxylic acids is 2. The van der Waals surface area contributed by atoms with Gasteiger partial charge >= 0.3 is 5.97 Å². The molecule has 3 rings (SSSR count). The number of halogens is 2. The Hall–Kier alpha value is -3.18. The zero-order chi connectivity index (χ0) is 22.8. The summed E-state index contributed by atoms with van der Waals surface area (Å²) in [4.78, 5) is 28.3. The molecule has 0 saturated heterocycles. The van der Waals surface area contributed by atoms with Crippen molar-refractivity contribution in [3.63, 3.8) is 0 Å². The highest BCUT2D eigenvalue weighted by molar-refractivity contribution is 7.90. The second-order valence-electron chi connectivity index (χ2n) is 6.54. The molecule has 0 atom stereocenters. The Labute approximate surface area is 180 Å². The number of anilines is 1. The monoisotopic (exact) mass is 466 g/mol. The fourth-order valence-electron chi connectivity index (χ4n) is 2.56. The van der Waals surface area contributed by atoms with Crippen LogP contribution in [-0.4, -0.2) is 38.1 Å². The topological polar surface area (TPSA) is 102 Å². The minimum absolute atomic E-state index is 0.0221. The van der Waals surface area contributed by atoms with E-state index in [4.69, 9.17) is 4.74 Å². The van der Waals surface area contributed by atoms with Gasteiger partial charge in [0, 0.05) is 17.2 Å². The molecule has 3 aromatic rings. The van der Waals surface area contributed by atoms with Crippen molar-refractivity contribution in [3.05, 3.63) is 64.5 Å². The van der Waals surface area contributed by atoms with E-state index in [1.54, 1.807) is 6.92 Å². The first-order valence-electron chi connectivity index (χ1n) is 8.73. The van der Waals surface area contributed by atoms with Crippen molar-refractivity contribution in [3.8, 4) is 11.3 Å². The predicted octanol–water partition coefficient (Wildman–Crippen LogP) is 3.60. The predicted molar refractivity (Wildman–Crippen MR) is 111 cm³/mol. The van der Waals surface area contributed by atoms with Gasteiger partial charge < -0.3 is 4.74 Å². The number of aromatic nitrogens is 1. The Kier molecular flexibility index (Phi) is 6.46. The van der Waals surface area contributed by atoms with Gasteiger partial charge in [0.05, 0.1) is 16.2 Å². The van der Waals surface area contributed by atoms with Gasteiger partial charge in [-0.05, 0) is 42.8 Å². The van der Waals surface area contributed by atoms with Crippen LogP contribution < -0.4 is 5.32 Å². The smallest absolute Gasteiger partial charge is 0.338 e. The molecule has 0 bridgehead atoms. The van der Waals surface area contributed by atoms with Gasteiger partial charge in [-0.3, -0.25) is 10.1 Å². The zero-order valence-electron chi connectivity index (χ0n) is 16.3. The molecule has 0 aliphatic carbocycles. The SMILES string of the molecule is Cc1ccc(S(C)(=O)=O)cc1C(=O)OCC(=O)Nc1nc(-c2cc(F)ccc2F)cs1. The number of esters is 1. The molecular weight excluding hydrogens is 450 g/mol. The summed E-state index contributed by atoms with van der Waals surface area (Å²) in [5.74, 6) is -2.85. The minimum atomic E-state index is -3.52. The normalized spacial score (nSPS) is 11.2. The Balaban J connectivity index is 1.64. The number of hydrogen-bond acceptors (Lipinski definition) is 7. The van der Waals surface area contributed by atoms with Crippen LogP contribution in [0.5, 0.6) is 0 Å². The molecule has 0 unspecified atom stereocenters. The first-order valence-corrected chi connectivity index (χ1v) is 11.5. The average molecular weight is 466 g/mol. The highest BCUT2D eigenvalue weighted by Gasteiger charge is 2.18. The minimum Gasteiger partial charge on any atom is -0.452 e. The number of nitrogens with zero attached hydrogens (tertiary/aromatic N) is 1. The molecule has 0 aliphatic rings. The van der Waals surface area contributed by atoms with Crippen molar-refractivity contribution in [2.75, 3.05) is 18.2 Å². The Morgan fingerprint density at radius 1 is 1.16 bits per heavy atom. The lowest BCUT2D eigenvalue weighted by molar-refractivity contribution is -0.119. The van der Waals surface area contributed by atoms with Gasteiger partial charge in [-0.25, -0.2) is 27.0 Å². The van der Waals surface area contributed by atoms with Crippen LogP contribution in [0, 0.1) is 18.6 Å². The highest BCUT2D eigenvalue weighted by Crippen LogP contribution is 2.27. The number of aryl methyl sites for hydroxylation is 1. The van der Waals surface area contributed by atoms with Crippen LogP contribution in [0.25, 0.3) is 11.3 Å². The summed E-state index contributed by atoms with van der Waals surface area (Å²) in [7, 11) is -3.52. The lowest BCUT2D eigenvalue weighted by atomic mass is 10.1. The Morgan fingerprint density at radius 3 is 2.61 bits per heavy atom. The van der Waals surface area contributed by atoms with Crippen LogP contribution in [0.3, 0.4) is 0 Å². The third-order valence-electron chi connectivity index (χ3n) is 4.15. The van der Waals surface area contributed by atoms with Crippen LogP contribution >= 0.6 is 11.3 Å². The van der Waals surface area contributed by atoms with Crippen LogP contribution in [-0.2, 0) is 19.4 Å². The fourth-order valence-corrected chi connectivity index (χ4v) is 3.94. The van der Waals surface area contributed by atoms with Gasteiger partial charge in [0.2, 0.25) is 0 Å². The Bertz CT molecular complexity index is 1270. The quantitative estimate of drug-likeness (QED) is 0.557. The summed E-state index contributed by atoms with van der Waals surface area (Å²) < 4.78 is 55.5. The maximum absolute atomic E-state index is 13.8. The summed E-state index contributed by atoms with van der Waals surface area (Å²) in [6.07, 6.45) is 1.01. The number of ether oxygens (including phenoxy) is 1. The summed E-state index contributed by atoms with van der Waals surface area (Å²) in [5.41, 5.74) is 0.597.